The van der Waals surface area contributed by atoms with Crippen LogP contribution in [0.4, 0.5) is 4.79 Å². The summed E-state index contributed by atoms with van der Waals surface area (Å²) < 4.78 is 43.7. The zero-order valence-corrected chi connectivity index (χ0v) is 58.3. The number of phenols is 3. The molecule has 18 atom stereocenters. The molecular formula is C68H77Cl2N9O26. The Bertz CT molecular complexity index is 4280. The van der Waals surface area contributed by atoms with Gasteiger partial charge in [0.25, 0.3) is 0 Å². The summed E-state index contributed by atoms with van der Waals surface area (Å²) in [5.41, 5.74) is 6.71. The minimum Gasteiger partial charge on any atom is -0.508 e. The highest BCUT2D eigenvalue weighted by Gasteiger charge is 2.52. The van der Waals surface area contributed by atoms with Crippen LogP contribution in [0.3, 0.4) is 0 Å². The van der Waals surface area contributed by atoms with Gasteiger partial charge in [-0.3, -0.25) is 38.5 Å². The molecule has 2 saturated heterocycles. The summed E-state index contributed by atoms with van der Waals surface area (Å²) in [7, 11) is 1.20. The summed E-state index contributed by atoms with van der Waals surface area (Å²) in [6.07, 6.45) is -20.2. The Morgan fingerprint density at radius 3 is 1.90 bits per heavy atom. The van der Waals surface area contributed by atoms with Gasteiger partial charge in [-0.25, -0.2) is 9.59 Å². The van der Waals surface area contributed by atoms with E-state index >= 15 is 14.4 Å². The van der Waals surface area contributed by atoms with Crippen LogP contribution < -0.4 is 57.6 Å². The number of aliphatic hydroxyl groups is 6. The van der Waals surface area contributed by atoms with Crippen LogP contribution in [-0.4, -0.2) is 208 Å². The molecule has 20 N–H and O–H groups in total. The fourth-order valence-electron chi connectivity index (χ4n) is 12.4. The third-order valence-electron chi connectivity index (χ3n) is 18.0. The molecule has 0 radical (unpaired) electrons. The van der Waals surface area contributed by atoms with Crippen LogP contribution in [-0.2, 0) is 57.3 Å². The molecule has 11 bridgehead atoms. The maximum absolute atomic E-state index is 16.1. The zero-order chi connectivity index (χ0) is 76.9. The van der Waals surface area contributed by atoms with E-state index in [1.54, 1.807) is 20.8 Å². The van der Waals surface area contributed by atoms with E-state index in [1.807, 2.05) is 0 Å². The number of aliphatic hydroxyl groups excluding tert-OH is 6. The van der Waals surface area contributed by atoms with Crippen molar-refractivity contribution in [2.75, 3.05) is 13.7 Å². The Hall–Kier alpha value is -9.89. The molecule has 35 nitrogen and oxygen atoms in total. The number of fused-ring (bicyclic) bond motifs is 15. The van der Waals surface area contributed by atoms with Gasteiger partial charge < -0.3 is 128 Å². The van der Waals surface area contributed by atoms with Crippen LogP contribution in [0.25, 0.3) is 11.1 Å². The lowest BCUT2D eigenvalue weighted by atomic mass is 9.86. The van der Waals surface area contributed by atoms with Crippen LogP contribution in [0.2, 0.25) is 10.0 Å². The third-order valence-corrected chi connectivity index (χ3v) is 18.6. The Morgan fingerprint density at radius 2 is 1.31 bits per heavy atom. The summed E-state index contributed by atoms with van der Waals surface area (Å²) in [5, 5.41) is 127. The fourth-order valence-corrected chi connectivity index (χ4v) is 12.8. The fraction of sp³-hybridized carbons (Fsp3) is 0.426. The van der Waals surface area contributed by atoms with Crippen molar-refractivity contribution in [3.63, 3.8) is 0 Å². The monoisotopic (exact) mass is 1510 g/mol. The van der Waals surface area contributed by atoms with Crippen molar-refractivity contribution in [1.29, 1.82) is 0 Å². The van der Waals surface area contributed by atoms with Gasteiger partial charge in [0.05, 0.1) is 35.3 Å². The van der Waals surface area contributed by atoms with Crippen molar-refractivity contribution in [2.24, 2.45) is 11.5 Å². The van der Waals surface area contributed by atoms with Gasteiger partial charge >= 0.3 is 12.1 Å². The van der Waals surface area contributed by atoms with E-state index < -0.39 is 260 Å². The SMILES string of the molecule is C[C@@H]1O[C@@H](O[C@H]2[C@H](Oc3c4cc5cc3Oc3ccc(cc3Cl)[C@@H](O)[C@@H](NC(=O)[C@@H](C)N(C)C(=O)OC(C)(C)C)C(=O)N[C@@H](CC(N)=O)C(=O)N[C@H]5C(=O)N[C@H]3C(=O)N[C@H](C(=O)N[C@H](C(=O)O)c5cc(O)cc(O)c5-c5cc3ccc5O)[C@H](O)c3ccc(c(Cl)c3)O4)O[C@H](CO)[C@@H](O)[C@@H]2O)C[C@](C)(N)[C@@H]1O. The highest BCUT2D eigenvalue weighted by Crippen LogP contribution is 2.50. The number of aromatic hydroxyl groups is 3. The second-order valence-electron chi connectivity index (χ2n) is 27.0. The molecule has 12 rings (SSSR count). The highest BCUT2D eigenvalue weighted by molar-refractivity contribution is 6.32. The van der Waals surface area contributed by atoms with Crippen LogP contribution in [0, 0.1) is 0 Å². The number of rotatable bonds is 11. The number of primary amides is 1. The van der Waals surface area contributed by atoms with E-state index in [0.29, 0.717) is 0 Å². The molecule has 5 aromatic carbocycles. The molecular weight excluding hydrogens is 1430 g/mol. The number of carboxylic acids is 1. The summed E-state index contributed by atoms with van der Waals surface area (Å²) >= 11 is 14.1. The lowest BCUT2D eigenvalue weighted by Crippen LogP contribution is -2.64. The van der Waals surface area contributed by atoms with E-state index in [9.17, 15) is 79.8 Å². The molecule has 0 spiro atoms. The molecule has 564 valence electrons. The summed E-state index contributed by atoms with van der Waals surface area (Å²) in [5.74, 6) is -16.7. The number of carbonyl (C=O) groups is 9. The molecule has 0 saturated carbocycles. The number of halogens is 2. The van der Waals surface area contributed by atoms with Crippen molar-refractivity contribution >= 4 is 76.6 Å². The Kier molecular flexibility index (Phi) is 22.7. The van der Waals surface area contributed by atoms with Gasteiger partial charge in [0, 0.05) is 41.8 Å². The summed E-state index contributed by atoms with van der Waals surface area (Å²) in [4.78, 5) is 131. The topological polar surface area (TPSA) is 548 Å². The van der Waals surface area contributed by atoms with Gasteiger partial charge in [-0.05, 0) is 118 Å². The quantitative estimate of drug-likeness (QED) is 0.0866. The molecule has 8 amide bonds. The number of carboxylic acid groups (broad SMARTS) is 1. The third kappa shape index (κ3) is 16.6. The molecule has 7 aliphatic rings. The van der Waals surface area contributed by atoms with Crippen molar-refractivity contribution in [3.8, 4) is 57.1 Å². The lowest BCUT2D eigenvalue weighted by Gasteiger charge is -2.47. The van der Waals surface area contributed by atoms with Crippen molar-refractivity contribution in [3.05, 3.63) is 117 Å². The second-order valence-corrected chi connectivity index (χ2v) is 27.8. The predicted octanol–water partition coefficient (Wildman–Crippen LogP) is 0.728. The number of benzene rings is 5. The van der Waals surface area contributed by atoms with Crippen molar-refractivity contribution in [1.82, 2.24) is 36.8 Å². The molecule has 0 aliphatic carbocycles. The molecule has 37 heteroatoms. The van der Waals surface area contributed by atoms with Crippen molar-refractivity contribution in [2.45, 2.75) is 169 Å². The molecule has 0 unspecified atom stereocenters. The molecule has 7 aliphatic heterocycles. The number of nitrogens with one attached hydrogen (secondary N) is 6. The standard InChI is InChI=1S/C68H77Cl2N9O26/c1-24(79(7)66(98)105-67(3,4)5)58(90)77-49-51(85)27-9-12-38(33(69)15-27)100-40-17-29-18-41(55(40)104-65-56(54(88)53(87)42(23-80)102-65)103-44-22-68(6,72)57(89)25(2)99-44)101-39-13-10-28(16-34(39)70)52(86)50-63(95)76-48(64(96)97)32-19-30(81)20-37(83)45(32)31-14-26(8-11-36(31)82)46(60(92)78-50)75-61(93)47(29)74-59(91)35(21-43(71)84)73-62(49)94/h8-20,24-25,35,42,44,46-54,56-57,65,80-83,85-89H,21-23,72H2,1-7H3,(H2,71,84)(H,73,94)(H,74,91)(H,75,93)(H,76,95)(H,77,90)(H,78,92)(H,96,97)/t24-,25+,35+,42-,44+,46-,47-,48+,49-,50+,51-,52-,53-,54+,56-,57-,65+,68+/m1/s1. The van der Waals surface area contributed by atoms with Gasteiger partial charge in [0.2, 0.25) is 53.4 Å². The molecule has 0 aromatic heterocycles. The number of nitrogens with zero attached hydrogens (tertiary/aromatic N) is 1. The number of carbonyl (C=O) groups excluding carboxylic acids is 8. The molecule has 5 aromatic rings. The smallest absolute Gasteiger partial charge is 0.410 e. The highest BCUT2D eigenvalue weighted by atomic mass is 35.5. The number of hydrogen-bond donors (Lipinski definition) is 18. The number of amides is 8. The van der Waals surface area contributed by atoms with Crippen LogP contribution in [0.15, 0.2) is 78.9 Å². The van der Waals surface area contributed by atoms with Crippen LogP contribution >= 0.6 is 23.2 Å². The van der Waals surface area contributed by atoms with Gasteiger partial charge in [0.1, 0.15) is 101 Å². The lowest BCUT2D eigenvalue weighted by molar-refractivity contribution is -0.333. The van der Waals surface area contributed by atoms with Gasteiger partial charge in [-0.1, -0.05) is 41.4 Å². The molecule has 105 heavy (non-hydrogen) atoms. The first-order valence-electron chi connectivity index (χ1n) is 32.5. The molecule has 7 heterocycles. The van der Waals surface area contributed by atoms with Gasteiger partial charge in [-0.15, -0.1) is 0 Å². The van der Waals surface area contributed by atoms with Crippen LogP contribution in [0.5, 0.6) is 46.0 Å². The van der Waals surface area contributed by atoms with E-state index in [2.05, 4.69) is 31.9 Å². The van der Waals surface area contributed by atoms with Gasteiger partial charge in [-0.2, -0.15) is 0 Å². The number of nitrogens with two attached hydrogens (primary N) is 2. The number of phenolic OH excluding ortho intramolecular Hbond substituents is 3. The Labute approximate surface area is 606 Å². The molecule has 2 fully saturated rings. The van der Waals surface area contributed by atoms with E-state index in [0.717, 1.165) is 83.8 Å². The number of hydrogen-bond acceptors (Lipinski definition) is 26. The van der Waals surface area contributed by atoms with Gasteiger partial charge in [0.15, 0.2) is 29.9 Å². The maximum atomic E-state index is 16.1. The van der Waals surface area contributed by atoms with E-state index in [-0.39, 0.29) is 23.1 Å². The first kappa shape index (κ1) is 77.7. The van der Waals surface area contributed by atoms with Crippen LogP contribution in [0.1, 0.15) is 113 Å². The van der Waals surface area contributed by atoms with Crippen molar-refractivity contribution < 1.29 is 127 Å². The first-order valence-corrected chi connectivity index (χ1v) is 33.2. The van der Waals surface area contributed by atoms with E-state index in [1.165, 1.54) is 27.8 Å². The number of aliphatic carboxylic acids is 1. The number of ether oxygens (including phenoxy) is 7. The minimum atomic E-state index is -2.39. The summed E-state index contributed by atoms with van der Waals surface area (Å²) in [6, 6.07) is -1.91. The zero-order valence-electron chi connectivity index (χ0n) is 56.8. The number of likely N-dealkylation sites (N-methyl/N-ethyl adjacent to an activating group) is 1. The Morgan fingerprint density at radius 1 is 0.724 bits per heavy atom. The second kappa shape index (κ2) is 30.7. The Balaban J connectivity index is 1.22. The summed E-state index contributed by atoms with van der Waals surface area (Å²) in [6.45, 7) is 7.91. The van der Waals surface area contributed by atoms with E-state index in [4.69, 9.17) is 67.8 Å². The normalized spacial score (nSPS) is 28.8. The first-order chi connectivity index (χ1) is 49.2. The largest absolute Gasteiger partial charge is 0.508 e. The minimum absolute atomic E-state index is 0.252. The maximum Gasteiger partial charge on any atom is 0.410 e. The average Bonchev–Trinajstić information content (AvgIpc) is 0.780. The predicted molar refractivity (Wildman–Crippen MR) is 360 cm³/mol. The average molecular weight is 1510 g/mol.